The number of nitrogens with one attached hydrogen (secondary N) is 1. The van der Waals surface area contributed by atoms with Gasteiger partial charge in [-0.2, -0.15) is 16.7 Å². The van der Waals surface area contributed by atoms with Crippen molar-refractivity contribution < 1.29 is 8.91 Å². The maximum atomic E-state index is 12.8. The van der Waals surface area contributed by atoms with Crippen LogP contribution in [0.15, 0.2) is 28.8 Å². The number of nitrogens with zero attached hydrogens (tertiary/aromatic N) is 2. The van der Waals surface area contributed by atoms with Crippen molar-refractivity contribution in [3.8, 4) is 11.4 Å². The van der Waals surface area contributed by atoms with E-state index in [4.69, 9.17) is 4.52 Å². The summed E-state index contributed by atoms with van der Waals surface area (Å²) < 4.78 is 18.1. The minimum atomic E-state index is -0.268. The number of thioether (sulfide) groups is 1. The predicted octanol–water partition coefficient (Wildman–Crippen LogP) is 2.12. The van der Waals surface area contributed by atoms with Crippen LogP contribution >= 0.6 is 11.8 Å². The molecule has 1 atom stereocenters. The third kappa shape index (κ3) is 3.13. The van der Waals surface area contributed by atoms with E-state index in [0.29, 0.717) is 17.8 Å². The second-order valence-electron chi connectivity index (χ2n) is 4.45. The largest absolute Gasteiger partial charge is 0.339 e. The van der Waals surface area contributed by atoms with Gasteiger partial charge in [0.25, 0.3) is 0 Å². The molecule has 2 heterocycles. The second-order valence-corrected chi connectivity index (χ2v) is 5.60. The lowest BCUT2D eigenvalue weighted by Crippen LogP contribution is -2.38. The molecule has 0 amide bonds. The highest BCUT2D eigenvalue weighted by Crippen LogP contribution is 2.17. The van der Waals surface area contributed by atoms with Gasteiger partial charge in [-0.1, -0.05) is 5.16 Å². The van der Waals surface area contributed by atoms with Gasteiger partial charge in [-0.25, -0.2) is 4.39 Å². The molecular formula is C13H14FN3OS. The Balaban J connectivity index is 1.70. The minimum Gasteiger partial charge on any atom is -0.339 e. The Morgan fingerprint density at radius 3 is 2.95 bits per heavy atom. The normalized spacial score (nSPS) is 19.5. The van der Waals surface area contributed by atoms with Crippen molar-refractivity contribution in [3.63, 3.8) is 0 Å². The summed E-state index contributed by atoms with van der Waals surface area (Å²) in [5.74, 6) is 3.09. The fourth-order valence-electron chi connectivity index (χ4n) is 2.02. The van der Waals surface area contributed by atoms with Gasteiger partial charge in [-0.05, 0) is 24.3 Å². The first-order valence-corrected chi connectivity index (χ1v) is 7.36. The molecule has 1 aliphatic heterocycles. The average molecular weight is 279 g/mol. The first-order chi connectivity index (χ1) is 9.31. The zero-order chi connectivity index (χ0) is 13.1. The number of halogens is 1. The van der Waals surface area contributed by atoms with Gasteiger partial charge in [0.2, 0.25) is 11.7 Å². The summed E-state index contributed by atoms with van der Waals surface area (Å²) in [6, 6.07) is 6.48. The van der Waals surface area contributed by atoms with Crippen LogP contribution in [-0.2, 0) is 6.42 Å². The summed E-state index contributed by atoms with van der Waals surface area (Å²) >= 11 is 1.93. The summed E-state index contributed by atoms with van der Waals surface area (Å²) in [7, 11) is 0. The maximum Gasteiger partial charge on any atom is 0.228 e. The Morgan fingerprint density at radius 1 is 1.37 bits per heavy atom. The molecule has 4 nitrogen and oxygen atoms in total. The third-order valence-electron chi connectivity index (χ3n) is 2.99. The average Bonchev–Trinajstić information content (AvgIpc) is 2.89. The van der Waals surface area contributed by atoms with Gasteiger partial charge in [0.1, 0.15) is 5.82 Å². The number of aromatic nitrogens is 2. The smallest absolute Gasteiger partial charge is 0.228 e. The van der Waals surface area contributed by atoms with Gasteiger partial charge < -0.3 is 9.84 Å². The minimum absolute atomic E-state index is 0.268. The van der Waals surface area contributed by atoms with E-state index in [1.54, 1.807) is 12.1 Å². The zero-order valence-corrected chi connectivity index (χ0v) is 11.1. The van der Waals surface area contributed by atoms with Crippen LogP contribution in [0.5, 0.6) is 0 Å². The molecule has 1 saturated heterocycles. The van der Waals surface area contributed by atoms with Crippen molar-refractivity contribution in [2.24, 2.45) is 0 Å². The standard InChI is InChI=1S/C13H14FN3OS/c14-10-3-1-9(2-4-10)13-16-12(18-17-13)7-11-8-19-6-5-15-11/h1-4,11,15H,5-8H2. The molecule has 1 aromatic heterocycles. The van der Waals surface area contributed by atoms with Crippen molar-refractivity contribution >= 4 is 11.8 Å². The monoisotopic (exact) mass is 279 g/mol. The highest BCUT2D eigenvalue weighted by molar-refractivity contribution is 7.99. The van der Waals surface area contributed by atoms with Gasteiger partial charge in [0.15, 0.2) is 0 Å². The highest BCUT2D eigenvalue weighted by atomic mass is 32.2. The molecule has 0 spiro atoms. The molecule has 1 unspecified atom stereocenters. The first kappa shape index (κ1) is 12.6. The van der Waals surface area contributed by atoms with Crippen LogP contribution in [0.1, 0.15) is 5.89 Å². The van der Waals surface area contributed by atoms with E-state index in [-0.39, 0.29) is 5.82 Å². The number of hydrogen-bond acceptors (Lipinski definition) is 5. The molecular weight excluding hydrogens is 265 g/mol. The Labute approximate surface area is 114 Å². The molecule has 1 aliphatic rings. The van der Waals surface area contributed by atoms with E-state index in [2.05, 4.69) is 15.5 Å². The summed E-state index contributed by atoms with van der Waals surface area (Å²) in [5, 5.41) is 7.36. The summed E-state index contributed by atoms with van der Waals surface area (Å²) in [6.45, 7) is 1.02. The lowest BCUT2D eigenvalue weighted by Gasteiger charge is -2.21. The summed E-state index contributed by atoms with van der Waals surface area (Å²) in [6.07, 6.45) is 0.737. The Morgan fingerprint density at radius 2 is 2.21 bits per heavy atom. The lowest BCUT2D eigenvalue weighted by atomic mass is 10.2. The number of hydrogen-bond donors (Lipinski definition) is 1. The highest BCUT2D eigenvalue weighted by Gasteiger charge is 2.17. The van der Waals surface area contributed by atoms with Gasteiger partial charge in [-0.3, -0.25) is 0 Å². The van der Waals surface area contributed by atoms with Gasteiger partial charge in [0, 0.05) is 36.1 Å². The van der Waals surface area contributed by atoms with Crippen molar-refractivity contribution in [1.29, 1.82) is 0 Å². The Bertz CT molecular complexity index is 537. The molecule has 1 N–H and O–H groups in total. The van der Waals surface area contributed by atoms with Crippen LogP contribution in [0.2, 0.25) is 0 Å². The molecule has 3 rings (SSSR count). The topological polar surface area (TPSA) is 51.0 Å². The molecule has 0 saturated carbocycles. The van der Waals surface area contributed by atoms with Crippen LogP contribution in [0.4, 0.5) is 4.39 Å². The van der Waals surface area contributed by atoms with E-state index < -0.39 is 0 Å². The van der Waals surface area contributed by atoms with Gasteiger partial charge >= 0.3 is 0 Å². The molecule has 1 fully saturated rings. The molecule has 6 heteroatoms. The van der Waals surface area contributed by atoms with Gasteiger partial charge in [0.05, 0.1) is 0 Å². The van der Waals surface area contributed by atoms with Crippen molar-refractivity contribution in [3.05, 3.63) is 36.0 Å². The second kappa shape index (κ2) is 5.71. The molecule has 0 radical (unpaired) electrons. The molecule has 19 heavy (non-hydrogen) atoms. The number of benzene rings is 1. The van der Waals surface area contributed by atoms with Crippen LogP contribution in [0, 0.1) is 5.82 Å². The van der Waals surface area contributed by atoms with Crippen LogP contribution in [0.3, 0.4) is 0 Å². The summed E-state index contributed by atoms with van der Waals surface area (Å²) in [5.41, 5.74) is 0.766. The van der Waals surface area contributed by atoms with Crippen LogP contribution in [-0.4, -0.2) is 34.2 Å². The molecule has 100 valence electrons. The molecule has 0 aliphatic carbocycles. The van der Waals surface area contributed by atoms with Crippen molar-refractivity contribution in [2.75, 3.05) is 18.1 Å². The predicted molar refractivity (Wildman–Crippen MR) is 72.5 cm³/mol. The van der Waals surface area contributed by atoms with Crippen LogP contribution < -0.4 is 5.32 Å². The van der Waals surface area contributed by atoms with E-state index in [1.165, 1.54) is 12.1 Å². The van der Waals surface area contributed by atoms with Crippen molar-refractivity contribution in [1.82, 2.24) is 15.5 Å². The fourth-order valence-corrected chi connectivity index (χ4v) is 2.96. The fraction of sp³-hybridized carbons (Fsp3) is 0.385. The van der Waals surface area contributed by atoms with Crippen LogP contribution in [0.25, 0.3) is 11.4 Å². The third-order valence-corrected chi connectivity index (χ3v) is 4.12. The van der Waals surface area contributed by atoms with E-state index in [1.807, 2.05) is 11.8 Å². The molecule has 0 bridgehead atoms. The lowest BCUT2D eigenvalue weighted by molar-refractivity contribution is 0.363. The van der Waals surface area contributed by atoms with E-state index in [0.717, 1.165) is 30.0 Å². The first-order valence-electron chi connectivity index (χ1n) is 6.21. The SMILES string of the molecule is Fc1ccc(-c2noc(CC3CSCCN3)n2)cc1. The zero-order valence-electron chi connectivity index (χ0n) is 10.3. The van der Waals surface area contributed by atoms with E-state index in [9.17, 15) is 4.39 Å². The van der Waals surface area contributed by atoms with Gasteiger partial charge in [-0.15, -0.1) is 0 Å². The summed E-state index contributed by atoms with van der Waals surface area (Å²) in [4.78, 5) is 4.35. The molecule has 2 aromatic rings. The van der Waals surface area contributed by atoms with Crippen molar-refractivity contribution in [2.45, 2.75) is 12.5 Å². The Kier molecular flexibility index (Phi) is 3.79. The number of rotatable bonds is 3. The quantitative estimate of drug-likeness (QED) is 0.932. The molecule has 1 aromatic carbocycles. The Hall–Kier alpha value is -1.40. The maximum absolute atomic E-state index is 12.8. The van der Waals surface area contributed by atoms with E-state index >= 15 is 0 Å².